The molecule has 0 bridgehead atoms. The number of hydrogen-bond donors (Lipinski definition) is 2. The molecule has 0 aromatic heterocycles. The van der Waals surface area contributed by atoms with Crippen LogP contribution in [0.1, 0.15) is 16.7 Å². The first-order valence-electron chi connectivity index (χ1n) is 10.0. The maximum Gasteiger partial charge on any atom is 0.397 e. The van der Waals surface area contributed by atoms with E-state index in [0.29, 0.717) is 5.75 Å². The molecule has 0 aliphatic rings. The Morgan fingerprint density at radius 3 is 2.19 bits per heavy atom. The molecular weight excluding hydrogens is 444 g/mol. The van der Waals surface area contributed by atoms with E-state index >= 15 is 0 Å². The zero-order chi connectivity index (χ0) is 22.6. The normalized spacial score (nSPS) is 12.7. The molecule has 0 saturated heterocycles. The van der Waals surface area contributed by atoms with Gasteiger partial charge in [-0.05, 0) is 40.6 Å². The minimum absolute atomic E-state index is 0.213. The highest BCUT2D eigenvalue weighted by molar-refractivity contribution is 7.95. The molecule has 0 saturated carbocycles. The molecule has 0 aliphatic heterocycles. The molecule has 0 spiro atoms. The Morgan fingerprint density at radius 1 is 0.781 bits per heavy atom. The highest BCUT2D eigenvalue weighted by Gasteiger charge is 2.26. The molecule has 2 N–H and O–H groups in total. The summed E-state index contributed by atoms with van der Waals surface area (Å²) in [5, 5.41) is 11.6. The fourth-order valence-corrected chi connectivity index (χ4v) is 6.10. The molecular formula is C25H23O5S2+. The lowest BCUT2D eigenvalue weighted by Gasteiger charge is -2.15. The second-order valence-corrected chi connectivity index (χ2v) is 10.5. The van der Waals surface area contributed by atoms with Gasteiger partial charge in [-0.2, -0.15) is 8.42 Å². The van der Waals surface area contributed by atoms with Crippen molar-refractivity contribution in [3.05, 3.63) is 108 Å². The number of rotatable bonds is 8. The van der Waals surface area contributed by atoms with E-state index in [2.05, 4.69) is 12.1 Å². The van der Waals surface area contributed by atoms with Crippen molar-refractivity contribution in [2.75, 3.05) is 0 Å². The summed E-state index contributed by atoms with van der Waals surface area (Å²) in [6.07, 6.45) is 0. The average molecular weight is 468 g/mol. The van der Waals surface area contributed by atoms with Gasteiger partial charge in [-0.25, -0.2) is 4.18 Å². The van der Waals surface area contributed by atoms with Gasteiger partial charge in [0.1, 0.15) is 17.3 Å². The van der Waals surface area contributed by atoms with Crippen molar-refractivity contribution in [3.8, 4) is 5.75 Å². The standard InChI is InChI=1S/C25H22O5S2/c26-22-12-14-23(15-13-22)31(17-19-6-2-1-3-7-19)18-21-11-10-20-8-4-5-9-24(20)25(21)16-30-32(27,28)29/h1-15H,16-18H2,(H-,26,27,28,29)/p+1. The van der Waals surface area contributed by atoms with Gasteiger partial charge in [0.25, 0.3) is 0 Å². The van der Waals surface area contributed by atoms with Gasteiger partial charge < -0.3 is 5.11 Å². The molecule has 0 radical (unpaired) electrons. The molecule has 1 unspecified atom stereocenters. The molecule has 0 fully saturated rings. The predicted octanol–water partition coefficient (Wildman–Crippen LogP) is 5.24. The van der Waals surface area contributed by atoms with Gasteiger partial charge in [-0.3, -0.25) is 4.55 Å². The quantitative estimate of drug-likeness (QED) is 0.273. The Kier molecular flexibility index (Phi) is 6.81. The van der Waals surface area contributed by atoms with Crippen molar-refractivity contribution in [1.82, 2.24) is 0 Å². The van der Waals surface area contributed by atoms with Crippen molar-refractivity contribution >= 4 is 32.1 Å². The first-order chi connectivity index (χ1) is 15.4. The van der Waals surface area contributed by atoms with E-state index in [4.69, 9.17) is 8.74 Å². The van der Waals surface area contributed by atoms with Gasteiger partial charge in [-0.1, -0.05) is 66.7 Å². The molecule has 164 valence electrons. The van der Waals surface area contributed by atoms with Crippen LogP contribution in [0.25, 0.3) is 10.8 Å². The van der Waals surface area contributed by atoms with Crippen molar-refractivity contribution in [2.45, 2.75) is 23.0 Å². The van der Waals surface area contributed by atoms with Crippen LogP contribution < -0.4 is 0 Å². The Bertz CT molecular complexity index is 1300. The van der Waals surface area contributed by atoms with Crippen molar-refractivity contribution in [2.24, 2.45) is 0 Å². The summed E-state index contributed by atoms with van der Waals surface area (Å²) >= 11 is 0. The third kappa shape index (κ3) is 5.69. The summed E-state index contributed by atoms with van der Waals surface area (Å²) < 4.78 is 36.5. The van der Waals surface area contributed by atoms with Crippen LogP contribution in [0.4, 0.5) is 0 Å². The van der Waals surface area contributed by atoms with E-state index < -0.39 is 10.4 Å². The summed E-state index contributed by atoms with van der Waals surface area (Å²) in [5.41, 5.74) is 2.89. The van der Waals surface area contributed by atoms with E-state index in [1.807, 2.05) is 66.7 Å². The largest absolute Gasteiger partial charge is 0.508 e. The van der Waals surface area contributed by atoms with Crippen LogP contribution >= 0.6 is 0 Å². The van der Waals surface area contributed by atoms with E-state index in [1.165, 1.54) is 5.56 Å². The number of phenols is 1. The van der Waals surface area contributed by atoms with E-state index in [9.17, 15) is 13.5 Å². The lowest BCUT2D eigenvalue weighted by molar-refractivity contribution is 0.260. The Labute approximate surface area is 190 Å². The predicted molar refractivity (Wildman–Crippen MR) is 128 cm³/mol. The lowest BCUT2D eigenvalue weighted by Crippen LogP contribution is -2.13. The van der Waals surface area contributed by atoms with Crippen molar-refractivity contribution < 1.29 is 22.3 Å². The van der Waals surface area contributed by atoms with Crippen LogP contribution in [0.2, 0.25) is 0 Å². The summed E-state index contributed by atoms with van der Waals surface area (Å²) in [7, 11) is -4.82. The zero-order valence-electron chi connectivity index (χ0n) is 17.2. The smallest absolute Gasteiger partial charge is 0.397 e. The number of phenolic OH excluding ortho intramolecular Hbond substituents is 1. The summed E-state index contributed by atoms with van der Waals surface area (Å²) in [5.74, 6) is 1.68. The minimum atomic E-state index is -4.57. The van der Waals surface area contributed by atoms with Crippen LogP contribution in [0.3, 0.4) is 0 Å². The Hall–Kier alpha value is -2.84. The van der Waals surface area contributed by atoms with Gasteiger partial charge in [-0.15, -0.1) is 0 Å². The first-order valence-corrected chi connectivity index (χ1v) is 12.9. The maximum absolute atomic E-state index is 11.3. The van der Waals surface area contributed by atoms with Crippen LogP contribution in [0.15, 0.2) is 95.9 Å². The van der Waals surface area contributed by atoms with Gasteiger partial charge >= 0.3 is 10.4 Å². The topological polar surface area (TPSA) is 83.8 Å². The number of fused-ring (bicyclic) bond motifs is 1. The summed E-state index contributed by atoms with van der Waals surface area (Å²) in [6.45, 7) is -0.242. The lowest BCUT2D eigenvalue weighted by atomic mass is 10.0. The Balaban J connectivity index is 1.75. The second-order valence-electron chi connectivity index (χ2n) is 7.38. The fraction of sp³-hybridized carbons (Fsp3) is 0.120. The monoisotopic (exact) mass is 467 g/mol. The van der Waals surface area contributed by atoms with Crippen LogP contribution in [0.5, 0.6) is 5.75 Å². The molecule has 4 aromatic rings. The van der Waals surface area contributed by atoms with Crippen LogP contribution in [-0.4, -0.2) is 18.1 Å². The van der Waals surface area contributed by atoms with E-state index in [1.54, 1.807) is 12.1 Å². The highest BCUT2D eigenvalue weighted by atomic mass is 32.3. The molecule has 5 nitrogen and oxygen atoms in total. The number of aromatic hydroxyl groups is 1. The SMILES string of the molecule is O=S(=O)(O)OCc1c(C[S+](Cc2ccccc2)c2ccc(O)cc2)ccc2ccccc12. The first kappa shape index (κ1) is 22.4. The van der Waals surface area contributed by atoms with Crippen LogP contribution in [-0.2, 0) is 43.6 Å². The molecule has 1 atom stereocenters. The summed E-state index contributed by atoms with van der Waals surface area (Å²) in [6, 6.07) is 29.1. The molecule has 0 heterocycles. The molecule has 4 rings (SSSR count). The van der Waals surface area contributed by atoms with Gasteiger partial charge in [0.05, 0.1) is 6.61 Å². The summed E-state index contributed by atoms with van der Waals surface area (Å²) in [4.78, 5) is 1.10. The number of benzene rings is 4. The molecule has 0 amide bonds. The average Bonchev–Trinajstić information content (AvgIpc) is 2.78. The molecule has 0 aliphatic carbocycles. The van der Waals surface area contributed by atoms with Crippen molar-refractivity contribution in [1.29, 1.82) is 0 Å². The van der Waals surface area contributed by atoms with Crippen molar-refractivity contribution in [3.63, 3.8) is 0 Å². The molecule has 32 heavy (non-hydrogen) atoms. The third-order valence-electron chi connectivity index (χ3n) is 5.17. The molecule has 7 heteroatoms. The zero-order valence-corrected chi connectivity index (χ0v) is 18.9. The van der Waals surface area contributed by atoms with E-state index in [-0.39, 0.29) is 23.3 Å². The second kappa shape index (κ2) is 9.75. The van der Waals surface area contributed by atoms with E-state index in [0.717, 1.165) is 32.5 Å². The minimum Gasteiger partial charge on any atom is -0.508 e. The van der Waals surface area contributed by atoms with Crippen LogP contribution in [0, 0.1) is 0 Å². The third-order valence-corrected chi connectivity index (χ3v) is 7.87. The van der Waals surface area contributed by atoms with Gasteiger partial charge in [0, 0.05) is 22.0 Å². The maximum atomic E-state index is 11.3. The Morgan fingerprint density at radius 2 is 1.47 bits per heavy atom. The van der Waals surface area contributed by atoms with Gasteiger partial charge in [0.2, 0.25) is 0 Å². The number of hydrogen-bond acceptors (Lipinski definition) is 4. The van der Waals surface area contributed by atoms with Gasteiger partial charge in [0.15, 0.2) is 4.90 Å². The fourth-order valence-electron chi connectivity index (χ4n) is 3.64. The molecule has 4 aromatic carbocycles. The highest BCUT2D eigenvalue weighted by Crippen LogP contribution is 2.30.